The number of amides is 4. The predicted octanol–water partition coefficient (Wildman–Crippen LogP) is 5.80. The van der Waals surface area contributed by atoms with Gasteiger partial charge in [-0.25, -0.2) is 15.1 Å². The summed E-state index contributed by atoms with van der Waals surface area (Å²) in [5, 5.41) is 36.8. The van der Waals surface area contributed by atoms with E-state index >= 15 is 0 Å². The molecule has 1 aromatic rings. The molecular weight excluding hydrogens is 654 g/mol. The van der Waals surface area contributed by atoms with Crippen LogP contribution in [0, 0.1) is 0 Å². The van der Waals surface area contributed by atoms with Crippen LogP contribution in [0.5, 0.6) is 5.75 Å². The molecule has 0 aliphatic carbocycles. The summed E-state index contributed by atoms with van der Waals surface area (Å²) in [6.45, 7) is 3.49. The van der Waals surface area contributed by atoms with Gasteiger partial charge in [-0.1, -0.05) is 76.5 Å². The summed E-state index contributed by atoms with van der Waals surface area (Å²) in [5.74, 6) is -1.25. The molecule has 13 heteroatoms. The SMILES string of the molecule is CCCCCCCCCCCC=CC(=O)N(O)CCCCCNC(=O)CCC(=O)N(O)CCCCCNC(=O)[C@@H]1COC(c2ccccc2O)=N1. The molecule has 1 aromatic carbocycles. The van der Waals surface area contributed by atoms with Gasteiger partial charge in [-0.15, -0.1) is 0 Å². The minimum atomic E-state index is -0.692. The average Bonchev–Trinajstić information content (AvgIpc) is 3.62. The van der Waals surface area contributed by atoms with Gasteiger partial charge in [0.25, 0.3) is 5.91 Å². The van der Waals surface area contributed by atoms with Crippen LogP contribution in [-0.4, -0.2) is 94.0 Å². The third-order valence-corrected chi connectivity index (χ3v) is 8.65. The molecule has 4 amide bonds. The van der Waals surface area contributed by atoms with Gasteiger partial charge < -0.3 is 20.5 Å². The largest absolute Gasteiger partial charge is 0.507 e. The number of carbonyl (C=O) groups excluding carboxylic acids is 4. The van der Waals surface area contributed by atoms with E-state index < -0.39 is 17.9 Å². The van der Waals surface area contributed by atoms with E-state index in [9.17, 15) is 34.7 Å². The number of hydrogen-bond donors (Lipinski definition) is 5. The summed E-state index contributed by atoms with van der Waals surface area (Å²) in [4.78, 5) is 53.0. The van der Waals surface area contributed by atoms with Gasteiger partial charge in [0, 0.05) is 45.1 Å². The number of aromatic hydroxyl groups is 1. The monoisotopic (exact) mass is 715 g/mol. The molecule has 0 spiro atoms. The third-order valence-electron chi connectivity index (χ3n) is 8.65. The number of para-hydroxylation sites is 1. The average molecular weight is 716 g/mol. The summed E-state index contributed by atoms with van der Waals surface area (Å²) < 4.78 is 5.47. The van der Waals surface area contributed by atoms with Crippen LogP contribution in [0.3, 0.4) is 0 Å². The van der Waals surface area contributed by atoms with Crippen LogP contribution < -0.4 is 10.6 Å². The lowest BCUT2D eigenvalue weighted by Crippen LogP contribution is -2.35. The van der Waals surface area contributed by atoms with Crippen molar-refractivity contribution in [1.29, 1.82) is 0 Å². The Balaban J connectivity index is 1.41. The first-order chi connectivity index (χ1) is 24.7. The number of carbonyl (C=O) groups is 4. The molecule has 0 fully saturated rings. The number of benzene rings is 1. The number of phenolic OH excluding ortho intramolecular Hbond substituents is 1. The Morgan fingerprint density at radius 3 is 2.10 bits per heavy atom. The second-order valence-electron chi connectivity index (χ2n) is 13.0. The number of rotatable bonds is 28. The molecule has 0 saturated carbocycles. The Labute approximate surface area is 303 Å². The van der Waals surface area contributed by atoms with E-state index in [1.807, 2.05) is 6.08 Å². The Morgan fingerprint density at radius 2 is 1.41 bits per heavy atom. The van der Waals surface area contributed by atoms with Crippen molar-refractivity contribution in [3.05, 3.63) is 42.0 Å². The van der Waals surface area contributed by atoms with Crippen molar-refractivity contribution < 1.29 is 39.4 Å². The maximum atomic E-state index is 12.4. The molecule has 286 valence electrons. The van der Waals surface area contributed by atoms with Crippen molar-refractivity contribution in [3.8, 4) is 5.75 Å². The first-order valence-corrected chi connectivity index (χ1v) is 18.9. The number of aliphatic imine (C=N–C) groups is 1. The van der Waals surface area contributed by atoms with Gasteiger partial charge in [0.05, 0.1) is 5.56 Å². The molecule has 51 heavy (non-hydrogen) atoms. The third kappa shape index (κ3) is 19.3. The molecule has 1 heterocycles. The van der Waals surface area contributed by atoms with E-state index in [0.717, 1.165) is 24.3 Å². The number of phenols is 1. The Morgan fingerprint density at radius 1 is 0.804 bits per heavy atom. The van der Waals surface area contributed by atoms with Crippen LogP contribution in [0.25, 0.3) is 0 Å². The van der Waals surface area contributed by atoms with Gasteiger partial charge in [-0.3, -0.25) is 29.6 Å². The summed E-state index contributed by atoms with van der Waals surface area (Å²) in [7, 11) is 0. The Hall–Kier alpha value is -3.97. The molecule has 5 N–H and O–H groups in total. The van der Waals surface area contributed by atoms with Gasteiger partial charge >= 0.3 is 0 Å². The number of nitrogens with zero attached hydrogens (tertiary/aromatic N) is 3. The number of hydrogen-bond acceptors (Lipinski definition) is 9. The van der Waals surface area contributed by atoms with Gasteiger partial charge in [0.15, 0.2) is 6.04 Å². The standard InChI is InChI=1S/C38H61N5O8/c1-2-3-4-5-6-7-8-9-10-11-14-23-35(46)42(49)28-19-12-17-26-39-34(45)24-25-36(47)43(50)29-20-13-18-27-40-37(48)32-30-51-38(41-32)31-21-15-16-22-33(31)44/h14-16,21-23,32,44,49-50H,2-13,17-20,24-30H2,1H3,(H,39,45)(H,40,48)/t32-/m0/s1. The number of ether oxygens (including phenoxy) is 1. The van der Waals surface area contributed by atoms with E-state index in [1.54, 1.807) is 18.2 Å². The zero-order chi connectivity index (χ0) is 37.1. The van der Waals surface area contributed by atoms with E-state index in [4.69, 9.17) is 4.74 Å². The number of unbranched alkanes of at least 4 members (excludes halogenated alkanes) is 13. The Bertz CT molecular complexity index is 1240. The first-order valence-electron chi connectivity index (χ1n) is 18.9. The van der Waals surface area contributed by atoms with Crippen LogP contribution in [0.2, 0.25) is 0 Å². The van der Waals surface area contributed by atoms with Crippen LogP contribution in [-0.2, 0) is 23.9 Å². The zero-order valence-electron chi connectivity index (χ0n) is 30.5. The number of nitrogens with one attached hydrogen (secondary N) is 2. The smallest absolute Gasteiger partial charge is 0.269 e. The highest BCUT2D eigenvalue weighted by atomic mass is 16.5. The second kappa shape index (κ2) is 26.8. The molecule has 0 unspecified atom stereocenters. The highest BCUT2D eigenvalue weighted by molar-refractivity contribution is 6.00. The maximum absolute atomic E-state index is 12.4. The highest BCUT2D eigenvalue weighted by Gasteiger charge is 2.27. The number of hydroxylamine groups is 4. The molecule has 1 atom stereocenters. The first kappa shape index (κ1) is 43.2. The van der Waals surface area contributed by atoms with Crippen molar-refractivity contribution in [1.82, 2.24) is 20.8 Å². The molecule has 1 aliphatic heterocycles. The van der Waals surface area contributed by atoms with Crippen LogP contribution in [0.4, 0.5) is 0 Å². The summed E-state index contributed by atoms with van der Waals surface area (Å²) in [6.07, 6.45) is 19.0. The van der Waals surface area contributed by atoms with E-state index in [0.29, 0.717) is 62.2 Å². The van der Waals surface area contributed by atoms with Gasteiger partial charge in [0.2, 0.25) is 23.6 Å². The van der Waals surface area contributed by atoms with E-state index in [1.165, 1.54) is 57.1 Å². The summed E-state index contributed by atoms with van der Waals surface area (Å²) >= 11 is 0. The molecule has 0 aromatic heterocycles. The van der Waals surface area contributed by atoms with Gasteiger partial charge in [0.1, 0.15) is 12.4 Å². The molecule has 1 aliphatic rings. The summed E-state index contributed by atoms with van der Waals surface area (Å²) in [6, 6.07) is 5.93. The molecule has 13 nitrogen and oxygen atoms in total. The number of allylic oxidation sites excluding steroid dienone is 1. The quantitative estimate of drug-likeness (QED) is 0.0312. The fraction of sp³-hybridized carbons (Fsp3) is 0.658. The van der Waals surface area contributed by atoms with Crippen molar-refractivity contribution in [3.63, 3.8) is 0 Å². The molecule has 2 rings (SSSR count). The van der Waals surface area contributed by atoms with Crippen molar-refractivity contribution >= 4 is 29.5 Å². The highest BCUT2D eigenvalue weighted by Crippen LogP contribution is 2.21. The molecular formula is C38H61N5O8. The minimum Gasteiger partial charge on any atom is -0.507 e. The van der Waals surface area contributed by atoms with Crippen LogP contribution >= 0.6 is 0 Å². The van der Waals surface area contributed by atoms with Gasteiger partial charge in [-0.05, 0) is 63.5 Å². The lowest BCUT2D eigenvalue weighted by atomic mass is 10.1. The minimum absolute atomic E-state index is 0.0317. The van der Waals surface area contributed by atoms with E-state index in [-0.39, 0.29) is 56.0 Å². The van der Waals surface area contributed by atoms with Crippen molar-refractivity contribution in [2.75, 3.05) is 32.8 Å². The van der Waals surface area contributed by atoms with Crippen molar-refractivity contribution in [2.45, 2.75) is 129 Å². The fourth-order valence-electron chi connectivity index (χ4n) is 5.51. The maximum Gasteiger partial charge on any atom is 0.269 e. The lowest BCUT2D eigenvalue weighted by Gasteiger charge is -2.15. The van der Waals surface area contributed by atoms with Crippen molar-refractivity contribution in [2.24, 2.45) is 4.99 Å². The molecule has 0 saturated heterocycles. The lowest BCUT2D eigenvalue weighted by molar-refractivity contribution is -0.166. The fourth-order valence-corrected chi connectivity index (χ4v) is 5.51. The predicted molar refractivity (Wildman–Crippen MR) is 195 cm³/mol. The molecule has 0 bridgehead atoms. The zero-order valence-corrected chi connectivity index (χ0v) is 30.5. The molecule has 0 radical (unpaired) electrons. The summed E-state index contributed by atoms with van der Waals surface area (Å²) in [5.41, 5.74) is 0.437. The second-order valence-corrected chi connectivity index (χ2v) is 13.0. The topological polar surface area (TPSA) is 181 Å². The normalized spacial score (nSPS) is 13.9. The van der Waals surface area contributed by atoms with Crippen LogP contribution in [0.1, 0.15) is 128 Å². The van der Waals surface area contributed by atoms with E-state index in [2.05, 4.69) is 22.5 Å². The Kier molecular flexibility index (Phi) is 22.7. The van der Waals surface area contributed by atoms with Gasteiger partial charge in [-0.2, -0.15) is 0 Å². The van der Waals surface area contributed by atoms with Crippen LogP contribution in [0.15, 0.2) is 41.4 Å².